The van der Waals surface area contributed by atoms with Crippen LogP contribution in [0.5, 0.6) is 0 Å². The number of nitrogens with zero attached hydrogens (tertiary/aromatic N) is 7. The summed E-state index contributed by atoms with van der Waals surface area (Å²) in [5, 5.41) is 7.16. The van der Waals surface area contributed by atoms with Crippen molar-refractivity contribution in [1.82, 2.24) is 19.4 Å². The second-order valence-corrected chi connectivity index (χ2v) is 24.4. The van der Waals surface area contributed by atoms with Gasteiger partial charge in [-0.1, -0.05) is 66.5 Å². The molecule has 0 aromatic heterocycles. The van der Waals surface area contributed by atoms with Gasteiger partial charge in [0.1, 0.15) is 4.90 Å². The molecule has 73 heavy (non-hydrogen) atoms. The molecule has 2 fully saturated rings. The van der Waals surface area contributed by atoms with Gasteiger partial charge in [0.25, 0.3) is 25.8 Å². The predicted octanol–water partition coefficient (Wildman–Crippen LogP) is 9.74. The average Bonchev–Trinajstić information content (AvgIpc) is 3.36. The minimum absolute atomic E-state index is 0.0250. The molecule has 2 aliphatic heterocycles. The zero-order valence-corrected chi connectivity index (χ0v) is 44.1. The Labute approximate surface area is 435 Å². The van der Waals surface area contributed by atoms with Gasteiger partial charge >= 0.3 is 5.51 Å². The molecule has 0 unspecified atom stereocenters. The van der Waals surface area contributed by atoms with Crippen molar-refractivity contribution in [2.45, 2.75) is 78.6 Å². The molecule has 2 saturated heterocycles. The Balaban J connectivity index is 1.00. The normalized spacial score (nSPS) is 17.5. The number of carbonyl (C=O) groups excluding carboxylic acids is 2. The molecule has 0 spiro atoms. The van der Waals surface area contributed by atoms with Gasteiger partial charge in [0.15, 0.2) is 0 Å². The van der Waals surface area contributed by atoms with Crippen molar-refractivity contribution < 1.29 is 39.6 Å². The second kappa shape index (κ2) is 24.4. The van der Waals surface area contributed by atoms with Gasteiger partial charge in [-0.05, 0) is 121 Å². The van der Waals surface area contributed by atoms with E-state index in [9.17, 15) is 39.6 Å². The van der Waals surface area contributed by atoms with Crippen LogP contribution >= 0.6 is 23.4 Å². The minimum atomic E-state index is -6.12. The summed E-state index contributed by atoms with van der Waals surface area (Å²) in [7, 11) is -11.0. The number of allylic oxidation sites excluding steroid dienone is 1. The molecule has 15 nitrogen and oxygen atoms in total. The number of benzene rings is 4. The highest BCUT2D eigenvalue weighted by Crippen LogP contribution is 2.43. The van der Waals surface area contributed by atoms with Crippen LogP contribution in [0.15, 0.2) is 122 Å². The lowest BCUT2D eigenvalue weighted by atomic mass is 9.73. The molecule has 1 atom stereocenters. The lowest BCUT2D eigenvalue weighted by molar-refractivity contribution is -0.133. The summed E-state index contributed by atoms with van der Waals surface area (Å²) < 4.78 is 98.7. The largest absolute Gasteiger partial charge is 0.501 e. The summed E-state index contributed by atoms with van der Waals surface area (Å²) in [5.74, 6) is -0.802. The number of nitrogens with one attached hydrogen (secondary N) is 2. The van der Waals surface area contributed by atoms with Crippen LogP contribution in [0, 0.1) is 5.41 Å². The third-order valence-electron chi connectivity index (χ3n) is 13.5. The maximum absolute atomic E-state index is 14.3. The van der Waals surface area contributed by atoms with Gasteiger partial charge in [-0.2, -0.15) is 13.2 Å². The van der Waals surface area contributed by atoms with Crippen molar-refractivity contribution in [2.75, 3.05) is 88.0 Å². The number of hydrogen-bond donors (Lipinski definition) is 2. The monoisotopic (exact) mass is 1080 g/mol. The third-order valence-corrected chi connectivity index (χ3v) is 17.8. The molecular weight excluding hydrogens is 1020 g/mol. The van der Waals surface area contributed by atoms with Crippen LogP contribution in [0.3, 0.4) is 0 Å². The van der Waals surface area contributed by atoms with Crippen LogP contribution in [-0.2, 0) is 24.7 Å². The van der Waals surface area contributed by atoms with E-state index < -0.39 is 52.8 Å². The van der Waals surface area contributed by atoms with Crippen LogP contribution < -0.4 is 14.9 Å². The average molecular weight is 1080 g/mol. The number of hydrogen-bond acceptors (Lipinski definition) is 12. The van der Waals surface area contributed by atoms with E-state index in [-0.39, 0.29) is 29.9 Å². The number of amides is 2. The lowest BCUT2D eigenvalue weighted by Crippen LogP contribution is -2.49. The second-order valence-electron chi connectivity index (χ2n) is 19.3. The van der Waals surface area contributed by atoms with Crippen molar-refractivity contribution in [2.24, 2.45) is 10.5 Å². The molecule has 392 valence electrons. The highest BCUT2D eigenvalue weighted by Gasteiger charge is 2.48. The molecule has 2 amide bonds. The van der Waals surface area contributed by atoms with Crippen LogP contribution in [0.4, 0.5) is 24.5 Å². The van der Waals surface area contributed by atoms with E-state index in [0.717, 1.165) is 74.7 Å². The summed E-state index contributed by atoms with van der Waals surface area (Å²) in [5.41, 5.74) is 7.29. The van der Waals surface area contributed by atoms with Crippen molar-refractivity contribution in [3.05, 3.63) is 129 Å². The van der Waals surface area contributed by atoms with E-state index in [4.69, 9.17) is 17.1 Å². The van der Waals surface area contributed by atoms with Gasteiger partial charge < -0.3 is 15.1 Å². The van der Waals surface area contributed by atoms with E-state index in [0.29, 0.717) is 62.4 Å². The fourth-order valence-electron chi connectivity index (χ4n) is 9.39. The number of carbonyl (C=O) groups is 2. The maximum atomic E-state index is 14.3. The molecule has 0 bridgehead atoms. The van der Waals surface area contributed by atoms with Crippen molar-refractivity contribution in [1.29, 1.82) is 0 Å². The Hall–Kier alpha value is -5.28. The van der Waals surface area contributed by atoms with Gasteiger partial charge in [0, 0.05) is 116 Å². The summed E-state index contributed by atoms with van der Waals surface area (Å²) >= 11 is 7.60. The Morgan fingerprint density at radius 2 is 1.55 bits per heavy atom. The third kappa shape index (κ3) is 15.0. The fourth-order valence-corrected chi connectivity index (χ4v) is 12.5. The Bertz CT molecular complexity index is 2870. The Morgan fingerprint density at radius 3 is 2.21 bits per heavy atom. The fraction of sp³-hybridized carbons (Fsp3) is 0.451. The maximum Gasteiger partial charge on any atom is 0.501 e. The van der Waals surface area contributed by atoms with Gasteiger partial charge in [-0.15, -0.1) is 11.8 Å². The molecule has 3 aliphatic rings. The van der Waals surface area contributed by atoms with Crippen LogP contribution in [0.1, 0.15) is 68.3 Å². The number of piperazine rings is 2. The Kier molecular flexibility index (Phi) is 18.5. The number of azide groups is 1. The van der Waals surface area contributed by atoms with Crippen LogP contribution in [0.2, 0.25) is 5.02 Å². The molecule has 2 heterocycles. The van der Waals surface area contributed by atoms with E-state index in [1.165, 1.54) is 40.6 Å². The number of rotatable bonds is 20. The minimum Gasteiger partial charge on any atom is -0.380 e. The topological polar surface area (TPSA) is 188 Å². The van der Waals surface area contributed by atoms with Crippen molar-refractivity contribution >= 4 is 72.0 Å². The predicted molar refractivity (Wildman–Crippen MR) is 281 cm³/mol. The molecule has 2 N–H and O–H groups in total. The standard InChI is InChI=1S/C51H61ClF3N9O6S3/c1-50(2)22-20-45(37-10-14-40(52)15-11-37)39(34-50)35-62-27-29-63(30-28-62)42-16-12-38(13-17-42)49(66)59-73(69,70)44-18-19-46(47(33-44)72(67,68)51(53,54)55)58-41(36-71-43-7-4-3-5-8-43)21-24-61-25-31-64(32-26-61)48(65)9-6-23-57-60-56/h3-5,7-8,10-19,33,41,58H,6,9,20-32,34-36H2,1-2H3,(H,59,66)/t41-/m1/s1. The summed E-state index contributed by atoms with van der Waals surface area (Å²) in [6.45, 7) is 11.2. The molecule has 1 aliphatic carbocycles. The van der Waals surface area contributed by atoms with E-state index in [1.807, 2.05) is 47.2 Å². The number of thioether (sulfide) groups is 1. The molecule has 0 radical (unpaired) electrons. The van der Waals surface area contributed by atoms with Crippen LogP contribution in [-0.4, -0.2) is 133 Å². The summed E-state index contributed by atoms with van der Waals surface area (Å²) in [6, 6.07) is 25.4. The number of alkyl halides is 3. The smallest absolute Gasteiger partial charge is 0.380 e. The molecule has 4 aromatic carbocycles. The number of halogens is 4. The quantitative estimate of drug-likeness (QED) is 0.0282. The number of sulfonamides is 1. The zero-order valence-electron chi connectivity index (χ0n) is 40.9. The van der Waals surface area contributed by atoms with Crippen molar-refractivity contribution in [3.63, 3.8) is 0 Å². The van der Waals surface area contributed by atoms with Gasteiger partial charge in [0.2, 0.25) is 5.91 Å². The van der Waals surface area contributed by atoms with Gasteiger partial charge in [-0.3, -0.25) is 19.4 Å². The lowest BCUT2D eigenvalue weighted by Gasteiger charge is -2.39. The molecule has 7 rings (SSSR count). The highest BCUT2D eigenvalue weighted by atomic mass is 35.5. The van der Waals surface area contributed by atoms with E-state index >= 15 is 0 Å². The molecule has 0 saturated carbocycles. The zero-order chi connectivity index (χ0) is 52.4. The first-order chi connectivity index (χ1) is 34.7. The van der Waals surface area contributed by atoms with E-state index in [2.05, 4.69) is 56.0 Å². The SMILES string of the molecule is CC1(C)CCC(c2ccc(Cl)cc2)=C(CN2CCN(c3ccc(C(=O)NS(=O)(=O)c4ccc(N[C@H](CCN5CCN(C(=O)CCCN=[N+]=[N-])CC5)CSc5ccccc5)c(S(=O)(=O)C(F)(F)F)c4)cc3)CC2)C1. The highest BCUT2D eigenvalue weighted by molar-refractivity contribution is 7.99. The molecule has 22 heteroatoms. The van der Waals surface area contributed by atoms with Gasteiger partial charge in [0.05, 0.1) is 10.6 Å². The Morgan fingerprint density at radius 1 is 0.877 bits per heavy atom. The number of anilines is 2. The van der Waals surface area contributed by atoms with Crippen LogP contribution in [0.25, 0.3) is 16.0 Å². The number of sulfone groups is 1. The first-order valence-corrected chi connectivity index (χ1v) is 28.6. The van der Waals surface area contributed by atoms with E-state index in [1.54, 1.807) is 17.0 Å². The first kappa shape index (κ1) is 55.5. The summed E-state index contributed by atoms with van der Waals surface area (Å²) in [6.07, 6.45) is 4.15. The molecular formula is C51H61ClF3N9O6S3. The van der Waals surface area contributed by atoms with Crippen molar-refractivity contribution in [3.8, 4) is 0 Å². The first-order valence-electron chi connectivity index (χ1n) is 24.2. The summed E-state index contributed by atoms with van der Waals surface area (Å²) in [4.78, 5) is 36.0. The molecule has 4 aromatic rings. The van der Waals surface area contributed by atoms with Gasteiger partial charge in [-0.25, -0.2) is 21.6 Å².